The Morgan fingerprint density at radius 1 is 1.04 bits per heavy atom. The van der Waals surface area contributed by atoms with Gasteiger partial charge in [-0.15, -0.1) is 0 Å². The molecule has 1 aromatic heterocycles. The maximum Gasteiger partial charge on any atom is 0.145 e. The minimum Gasteiger partial charge on any atom is -0.494 e. The third-order valence-electron chi connectivity index (χ3n) is 3.40. The van der Waals surface area contributed by atoms with Gasteiger partial charge in [-0.1, -0.05) is 11.6 Å². The zero-order chi connectivity index (χ0) is 16.9. The zero-order valence-electron chi connectivity index (χ0n) is 12.9. The normalized spacial score (nSPS) is 10.0. The second-order valence-electron chi connectivity index (χ2n) is 4.93. The highest BCUT2D eigenvalue weighted by Gasteiger charge is 2.14. The molecular formula is C19H13ClN2O2. The largest absolute Gasteiger partial charge is 0.494 e. The van der Waals surface area contributed by atoms with E-state index in [2.05, 4.69) is 11.1 Å². The number of ether oxygens (including phenoxy) is 2. The van der Waals surface area contributed by atoms with Crippen LogP contribution in [0.1, 0.15) is 5.56 Å². The molecule has 0 aliphatic rings. The molecular weight excluding hydrogens is 324 g/mol. The number of hydrogen-bond acceptors (Lipinski definition) is 4. The van der Waals surface area contributed by atoms with Gasteiger partial charge in [0.25, 0.3) is 0 Å². The molecule has 0 spiro atoms. The van der Waals surface area contributed by atoms with Crippen LogP contribution < -0.4 is 9.47 Å². The predicted molar refractivity (Wildman–Crippen MR) is 92.5 cm³/mol. The molecule has 3 aromatic rings. The number of aromatic nitrogens is 1. The van der Waals surface area contributed by atoms with Crippen molar-refractivity contribution in [1.29, 1.82) is 5.26 Å². The molecule has 0 saturated carbocycles. The second kappa shape index (κ2) is 7.03. The zero-order valence-corrected chi connectivity index (χ0v) is 13.6. The Balaban J connectivity index is 2.09. The monoisotopic (exact) mass is 336 g/mol. The Bertz CT molecular complexity index is 902. The Labute approximate surface area is 144 Å². The Hall–Kier alpha value is -3.03. The molecule has 5 heteroatoms. The fourth-order valence-corrected chi connectivity index (χ4v) is 2.39. The lowest BCUT2D eigenvalue weighted by Crippen LogP contribution is -1.94. The molecule has 2 aromatic carbocycles. The van der Waals surface area contributed by atoms with E-state index in [1.165, 1.54) is 0 Å². The van der Waals surface area contributed by atoms with Crippen LogP contribution in [0.15, 0.2) is 60.8 Å². The number of rotatable bonds is 4. The Morgan fingerprint density at radius 3 is 2.54 bits per heavy atom. The average molecular weight is 337 g/mol. The maximum absolute atomic E-state index is 9.19. The lowest BCUT2D eigenvalue weighted by molar-refractivity contribution is 0.414. The number of nitrogens with zero attached hydrogens (tertiary/aromatic N) is 2. The lowest BCUT2D eigenvalue weighted by atomic mass is 10.1. The van der Waals surface area contributed by atoms with Crippen LogP contribution in [-0.4, -0.2) is 12.1 Å². The molecule has 3 rings (SSSR count). The minimum atomic E-state index is 0.515. The molecule has 0 atom stereocenters. The van der Waals surface area contributed by atoms with E-state index in [1.54, 1.807) is 61.8 Å². The van der Waals surface area contributed by atoms with Crippen molar-refractivity contribution in [2.45, 2.75) is 0 Å². The standard InChI is InChI=1S/C19H13ClN2O2/c1-23-18-3-2-10-22-19(18)16-11-13(12-21)4-9-17(16)24-15-7-5-14(20)6-8-15/h2-11H,1H3. The number of benzene rings is 2. The Kier molecular flexibility index (Phi) is 4.64. The SMILES string of the molecule is COc1cccnc1-c1cc(C#N)ccc1Oc1ccc(Cl)cc1. The molecule has 0 saturated heterocycles. The van der Waals surface area contributed by atoms with Crippen molar-refractivity contribution in [2.24, 2.45) is 0 Å². The molecule has 24 heavy (non-hydrogen) atoms. The van der Waals surface area contributed by atoms with Crippen molar-refractivity contribution in [1.82, 2.24) is 4.98 Å². The van der Waals surface area contributed by atoms with Gasteiger partial charge < -0.3 is 9.47 Å². The highest BCUT2D eigenvalue weighted by atomic mass is 35.5. The third kappa shape index (κ3) is 3.32. The number of nitriles is 1. The van der Waals surface area contributed by atoms with Crippen LogP contribution in [-0.2, 0) is 0 Å². The molecule has 0 radical (unpaired) electrons. The van der Waals surface area contributed by atoms with Crippen molar-refractivity contribution in [3.8, 4) is 34.6 Å². The second-order valence-corrected chi connectivity index (χ2v) is 5.37. The summed E-state index contributed by atoms with van der Waals surface area (Å²) in [5.41, 5.74) is 1.81. The van der Waals surface area contributed by atoms with Gasteiger partial charge in [-0.2, -0.15) is 5.26 Å². The van der Waals surface area contributed by atoms with Crippen molar-refractivity contribution in [3.63, 3.8) is 0 Å². The van der Waals surface area contributed by atoms with Gasteiger partial charge in [-0.05, 0) is 54.6 Å². The summed E-state index contributed by atoms with van der Waals surface area (Å²) in [5.74, 6) is 1.82. The minimum absolute atomic E-state index is 0.515. The molecule has 0 N–H and O–H groups in total. The van der Waals surface area contributed by atoms with Gasteiger partial charge in [0.05, 0.1) is 18.7 Å². The summed E-state index contributed by atoms with van der Waals surface area (Å²) < 4.78 is 11.3. The van der Waals surface area contributed by atoms with E-state index in [0.717, 1.165) is 0 Å². The smallest absolute Gasteiger partial charge is 0.145 e. The first kappa shape index (κ1) is 15.9. The van der Waals surface area contributed by atoms with Crippen LogP contribution >= 0.6 is 11.6 Å². The summed E-state index contributed by atoms with van der Waals surface area (Å²) in [5, 5.41) is 9.82. The molecule has 0 aliphatic heterocycles. The quantitative estimate of drug-likeness (QED) is 0.667. The molecule has 0 bridgehead atoms. The van der Waals surface area contributed by atoms with Crippen molar-refractivity contribution >= 4 is 11.6 Å². The molecule has 4 nitrogen and oxygen atoms in total. The number of hydrogen-bond donors (Lipinski definition) is 0. The Morgan fingerprint density at radius 2 is 1.83 bits per heavy atom. The summed E-state index contributed by atoms with van der Waals surface area (Å²) in [4.78, 5) is 4.38. The number of halogens is 1. The first-order chi connectivity index (χ1) is 11.7. The van der Waals surface area contributed by atoms with Gasteiger partial charge in [0.15, 0.2) is 0 Å². The summed E-state index contributed by atoms with van der Waals surface area (Å²) in [6.45, 7) is 0. The summed E-state index contributed by atoms with van der Waals surface area (Å²) in [6.07, 6.45) is 1.67. The van der Waals surface area contributed by atoms with Gasteiger partial charge in [-0.25, -0.2) is 0 Å². The predicted octanol–water partition coefficient (Wildman–Crippen LogP) is 5.07. The molecule has 1 heterocycles. The molecule has 118 valence electrons. The van der Waals surface area contributed by atoms with Crippen LogP contribution in [0.3, 0.4) is 0 Å². The van der Waals surface area contributed by atoms with Crippen LogP contribution in [0.2, 0.25) is 5.02 Å². The van der Waals surface area contributed by atoms with E-state index in [-0.39, 0.29) is 0 Å². The molecule has 0 unspecified atom stereocenters. The van der Waals surface area contributed by atoms with E-state index in [4.69, 9.17) is 21.1 Å². The first-order valence-corrected chi connectivity index (χ1v) is 7.56. The topological polar surface area (TPSA) is 55.1 Å². The van der Waals surface area contributed by atoms with E-state index in [1.807, 2.05) is 6.07 Å². The van der Waals surface area contributed by atoms with Crippen LogP contribution in [0.25, 0.3) is 11.3 Å². The van der Waals surface area contributed by atoms with Gasteiger partial charge in [0.2, 0.25) is 0 Å². The average Bonchev–Trinajstić information content (AvgIpc) is 2.64. The van der Waals surface area contributed by atoms with E-state index in [0.29, 0.717) is 39.1 Å². The van der Waals surface area contributed by atoms with Gasteiger partial charge >= 0.3 is 0 Å². The molecule has 0 fully saturated rings. The number of methoxy groups -OCH3 is 1. The fraction of sp³-hybridized carbons (Fsp3) is 0.0526. The number of pyridine rings is 1. The highest BCUT2D eigenvalue weighted by molar-refractivity contribution is 6.30. The van der Waals surface area contributed by atoms with Crippen LogP contribution in [0, 0.1) is 11.3 Å². The third-order valence-corrected chi connectivity index (χ3v) is 3.65. The summed E-state index contributed by atoms with van der Waals surface area (Å²) >= 11 is 5.90. The lowest BCUT2D eigenvalue weighted by Gasteiger charge is -2.13. The first-order valence-electron chi connectivity index (χ1n) is 7.18. The van der Waals surface area contributed by atoms with Gasteiger partial charge in [-0.3, -0.25) is 4.98 Å². The van der Waals surface area contributed by atoms with Gasteiger partial charge in [0.1, 0.15) is 22.9 Å². The van der Waals surface area contributed by atoms with E-state index >= 15 is 0 Å². The van der Waals surface area contributed by atoms with Gasteiger partial charge in [0, 0.05) is 16.8 Å². The van der Waals surface area contributed by atoms with E-state index in [9.17, 15) is 5.26 Å². The fourth-order valence-electron chi connectivity index (χ4n) is 2.26. The van der Waals surface area contributed by atoms with Crippen LogP contribution in [0.5, 0.6) is 17.2 Å². The summed E-state index contributed by atoms with van der Waals surface area (Å²) in [6, 6.07) is 18.0. The highest BCUT2D eigenvalue weighted by Crippen LogP contribution is 2.37. The molecule has 0 aliphatic carbocycles. The van der Waals surface area contributed by atoms with E-state index < -0.39 is 0 Å². The van der Waals surface area contributed by atoms with Crippen molar-refractivity contribution in [3.05, 3.63) is 71.4 Å². The van der Waals surface area contributed by atoms with Crippen molar-refractivity contribution < 1.29 is 9.47 Å². The van der Waals surface area contributed by atoms with Crippen molar-refractivity contribution in [2.75, 3.05) is 7.11 Å². The molecule has 0 amide bonds. The van der Waals surface area contributed by atoms with Crippen LogP contribution in [0.4, 0.5) is 0 Å². The maximum atomic E-state index is 9.19. The summed E-state index contributed by atoms with van der Waals surface area (Å²) in [7, 11) is 1.58.